The van der Waals surface area contributed by atoms with Crippen molar-refractivity contribution >= 4 is 46.1 Å². The van der Waals surface area contributed by atoms with Crippen LogP contribution >= 0.6 is 11.6 Å². The second-order valence-electron chi connectivity index (χ2n) is 8.62. The number of benzene rings is 3. The minimum absolute atomic E-state index is 0.202. The summed E-state index contributed by atoms with van der Waals surface area (Å²) in [6, 6.07) is 21.3. The van der Waals surface area contributed by atoms with Gasteiger partial charge in [-0.15, -0.1) is 0 Å². The predicted octanol–water partition coefficient (Wildman–Crippen LogP) is 4.75. The molecule has 174 valence electrons. The van der Waals surface area contributed by atoms with Crippen LogP contribution in [0.5, 0.6) is 0 Å². The number of nitrogens with zero attached hydrogens (tertiary/aromatic N) is 1. The Balaban J connectivity index is 1.78. The molecule has 1 aliphatic rings. The molecule has 34 heavy (non-hydrogen) atoms. The van der Waals surface area contributed by atoms with E-state index >= 15 is 0 Å². The highest BCUT2D eigenvalue weighted by Crippen LogP contribution is 2.39. The topological polar surface area (TPSA) is 87.5 Å². The van der Waals surface area contributed by atoms with E-state index in [1.165, 1.54) is 5.56 Å². The van der Waals surface area contributed by atoms with Crippen molar-refractivity contribution in [2.75, 3.05) is 24.7 Å². The van der Waals surface area contributed by atoms with Crippen LogP contribution in [-0.2, 0) is 22.6 Å². The summed E-state index contributed by atoms with van der Waals surface area (Å²) in [5, 5.41) is 6.95. The average Bonchev–Trinajstić information content (AvgIpc) is 3.11. The molecule has 1 heterocycles. The fraction of sp³-hybridized carbons (Fsp3) is 0.185. The van der Waals surface area contributed by atoms with Crippen LogP contribution in [0, 0.1) is 0 Å². The number of halogens is 1. The number of nitrogens with two attached hydrogens (primary N) is 1. The third-order valence-electron chi connectivity index (χ3n) is 5.57. The van der Waals surface area contributed by atoms with E-state index in [9.17, 15) is 9.59 Å². The number of amides is 2. The molecule has 3 aromatic rings. The molecule has 0 radical (unpaired) electrons. The zero-order valence-corrected chi connectivity index (χ0v) is 19.9. The average molecular weight is 475 g/mol. The predicted molar refractivity (Wildman–Crippen MR) is 138 cm³/mol. The van der Waals surface area contributed by atoms with Gasteiger partial charge >= 0.3 is 0 Å². The van der Waals surface area contributed by atoms with Crippen molar-refractivity contribution < 1.29 is 9.59 Å². The SMILES string of the molecule is CN(C)Cc1ccc(NC(=C2C(=O)Nc3cc(Cl)ccc32)c2cccc(CCC(N)=O)c2)cc1. The molecule has 0 saturated heterocycles. The highest BCUT2D eigenvalue weighted by Gasteiger charge is 2.28. The van der Waals surface area contributed by atoms with E-state index in [-0.39, 0.29) is 18.2 Å². The molecule has 0 atom stereocenters. The summed E-state index contributed by atoms with van der Waals surface area (Å²) in [6.07, 6.45) is 0.793. The lowest BCUT2D eigenvalue weighted by Gasteiger charge is -2.16. The summed E-state index contributed by atoms with van der Waals surface area (Å²) in [4.78, 5) is 26.5. The molecule has 0 aliphatic carbocycles. The number of primary amides is 1. The lowest BCUT2D eigenvalue weighted by Crippen LogP contribution is -2.12. The van der Waals surface area contributed by atoms with E-state index in [0.29, 0.717) is 28.4 Å². The van der Waals surface area contributed by atoms with Crippen molar-refractivity contribution in [2.45, 2.75) is 19.4 Å². The zero-order valence-electron chi connectivity index (χ0n) is 19.2. The number of aryl methyl sites for hydroxylation is 1. The molecule has 0 fully saturated rings. The number of carbonyl (C=O) groups excluding carboxylic acids is 2. The lowest BCUT2D eigenvalue weighted by molar-refractivity contribution is -0.118. The minimum atomic E-state index is -0.346. The van der Waals surface area contributed by atoms with Gasteiger partial charge in [-0.1, -0.05) is 48.0 Å². The summed E-state index contributed by atoms with van der Waals surface area (Å²) in [5.41, 5.74) is 11.9. The number of hydrogen-bond donors (Lipinski definition) is 3. The third-order valence-corrected chi connectivity index (χ3v) is 5.81. The smallest absolute Gasteiger partial charge is 0.258 e. The Labute approximate surface area is 204 Å². The van der Waals surface area contributed by atoms with Crippen LogP contribution in [0.1, 0.15) is 28.7 Å². The molecular formula is C27H27ClN4O2. The van der Waals surface area contributed by atoms with Crippen LogP contribution in [0.4, 0.5) is 11.4 Å². The van der Waals surface area contributed by atoms with Gasteiger partial charge in [0.05, 0.1) is 17.0 Å². The van der Waals surface area contributed by atoms with Gasteiger partial charge in [-0.3, -0.25) is 9.59 Å². The molecule has 6 nitrogen and oxygen atoms in total. The Morgan fingerprint density at radius 1 is 1.03 bits per heavy atom. The fourth-order valence-corrected chi connectivity index (χ4v) is 4.20. The van der Waals surface area contributed by atoms with Gasteiger partial charge in [-0.25, -0.2) is 0 Å². The largest absolute Gasteiger partial charge is 0.370 e. The van der Waals surface area contributed by atoms with Crippen LogP contribution in [0.2, 0.25) is 5.02 Å². The number of rotatable bonds is 8. The summed E-state index contributed by atoms with van der Waals surface area (Å²) in [5.74, 6) is -0.549. The van der Waals surface area contributed by atoms with Gasteiger partial charge in [-0.05, 0) is 67.5 Å². The van der Waals surface area contributed by atoms with E-state index < -0.39 is 0 Å². The van der Waals surface area contributed by atoms with Crippen molar-refractivity contribution in [1.29, 1.82) is 0 Å². The van der Waals surface area contributed by atoms with E-state index in [0.717, 1.165) is 28.9 Å². The van der Waals surface area contributed by atoms with Crippen molar-refractivity contribution in [3.8, 4) is 0 Å². The Kier molecular flexibility index (Phi) is 7.01. The minimum Gasteiger partial charge on any atom is -0.370 e. The maximum atomic E-state index is 13.1. The zero-order chi connectivity index (χ0) is 24.2. The summed E-state index contributed by atoms with van der Waals surface area (Å²) in [6.45, 7) is 0.840. The molecule has 4 N–H and O–H groups in total. The second kappa shape index (κ2) is 10.1. The normalized spacial score (nSPS) is 14.1. The second-order valence-corrected chi connectivity index (χ2v) is 9.06. The Morgan fingerprint density at radius 3 is 2.50 bits per heavy atom. The number of fused-ring (bicyclic) bond motifs is 1. The van der Waals surface area contributed by atoms with Crippen molar-refractivity contribution in [3.05, 3.63) is 94.0 Å². The van der Waals surface area contributed by atoms with Crippen LogP contribution in [0.15, 0.2) is 66.7 Å². The fourth-order valence-electron chi connectivity index (χ4n) is 4.03. The molecule has 0 unspecified atom stereocenters. The molecule has 7 heteroatoms. The number of hydrogen-bond acceptors (Lipinski definition) is 4. The Morgan fingerprint density at radius 2 is 1.79 bits per heavy atom. The lowest BCUT2D eigenvalue weighted by atomic mass is 9.97. The van der Waals surface area contributed by atoms with Gasteiger partial charge in [0.25, 0.3) is 5.91 Å². The van der Waals surface area contributed by atoms with Gasteiger partial charge in [0.2, 0.25) is 5.91 Å². The van der Waals surface area contributed by atoms with Gasteiger partial charge < -0.3 is 21.3 Å². The molecule has 1 aliphatic heterocycles. The van der Waals surface area contributed by atoms with Gasteiger partial charge in [0.15, 0.2) is 0 Å². The standard InChI is InChI=1S/C27H27ClN4O2/c1-32(2)16-18-6-10-21(11-7-18)30-26(19-5-3-4-17(14-19)8-13-24(29)33)25-22-12-9-20(28)15-23(22)31-27(25)34/h3-7,9-12,14-15,30H,8,13,16H2,1-2H3,(H2,29,33)(H,31,34). The van der Waals surface area contributed by atoms with Gasteiger partial charge in [0, 0.05) is 29.2 Å². The summed E-state index contributed by atoms with van der Waals surface area (Å²) < 4.78 is 0. The first-order chi connectivity index (χ1) is 16.3. The van der Waals surface area contributed by atoms with E-state index in [2.05, 4.69) is 27.7 Å². The molecule has 0 bridgehead atoms. The van der Waals surface area contributed by atoms with Crippen LogP contribution in [-0.4, -0.2) is 30.8 Å². The van der Waals surface area contributed by atoms with Crippen LogP contribution in [0.3, 0.4) is 0 Å². The highest BCUT2D eigenvalue weighted by atomic mass is 35.5. The molecule has 4 rings (SSSR count). The first-order valence-electron chi connectivity index (χ1n) is 11.0. The number of carbonyl (C=O) groups is 2. The molecular weight excluding hydrogens is 448 g/mol. The molecule has 2 amide bonds. The molecule has 0 aromatic heterocycles. The first kappa shape index (κ1) is 23.5. The van der Waals surface area contributed by atoms with Gasteiger partial charge in [-0.2, -0.15) is 0 Å². The van der Waals surface area contributed by atoms with E-state index in [1.807, 2.05) is 56.6 Å². The molecule has 3 aromatic carbocycles. The van der Waals surface area contributed by atoms with Gasteiger partial charge in [0.1, 0.15) is 0 Å². The maximum absolute atomic E-state index is 13.1. The van der Waals surface area contributed by atoms with E-state index in [4.69, 9.17) is 17.3 Å². The van der Waals surface area contributed by atoms with Crippen LogP contribution in [0.25, 0.3) is 11.3 Å². The summed E-state index contributed by atoms with van der Waals surface area (Å²) in [7, 11) is 4.06. The Bertz CT molecular complexity index is 1270. The third kappa shape index (κ3) is 5.47. The quantitative estimate of drug-likeness (QED) is 0.411. The number of anilines is 2. The molecule has 0 spiro atoms. The highest BCUT2D eigenvalue weighted by molar-refractivity contribution is 6.38. The summed E-state index contributed by atoms with van der Waals surface area (Å²) >= 11 is 6.15. The van der Waals surface area contributed by atoms with E-state index in [1.54, 1.807) is 12.1 Å². The maximum Gasteiger partial charge on any atom is 0.258 e. The molecule has 0 saturated carbocycles. The van der Waals surface area contributed by atoms with Crippen LogP contribution < -0.4 is 16.4 Å². The number of nitrogens with one attached hydrogen (secondary N) is 2. The van der Waals surface area contributed by atoms with Crippen molar-refractivity contribution in [2.24, 2.45) is 5.73 Å². The Hall–Kier alpha value is -3.61. The first-order valence-corrected chi connectivity index (χ1v) is 11.4. The van der Waals surface area contributed by atoms with Crippen molar-refractivity contribution in [3.63, 3.8) is 0 Å². The van der Waals surface area contributed by atoms with Crippen molar-refractivity contribution in [1.82, 2.24) is 4.90 Å². The monoisotopic (exact) mass is 474 g/mol.